The molecule has 0 saturated carbocycles. The van der Waals surface area contributed by atoms with Gasteiger partial charge in [0, 0.05) is 31.3 Å². The van der Waals surface area contributed by atoms with E-state index in [0.717, 1.165) is 21.7 Å². The minimum absolute atomic E-state index is 0.0260. The van der Waals surface area contributed by atoms with E-state index in [1.54, 1.807) is 60.7 Å². The molecule has 0 aliphatic rings. The van der Waals surface area contributed by atoms with Gasteiger partial charge in [0.2, 0.25) is 21.8 Å². The molecule has 0 heterocycles. The number of halogens is 1. The topological polar surface area (TPSA) is 96.0 Å². The third-order valence-electron chi connectivity index (χ3n) is 6.32. The first-order chi connectivity index (χ1) is 19.5. The van der Waals surface area contributed by atoms with Gasteiger partial charge in [0.05, 0.1) is 18.9 Å². The van der Waals surface area contributed by atoms with Gasteiger partial charge in [0.1, 0.15) is 6.04 Å². The van der Waals surface area contributed by atoms with E-state index in [2.05, 4.69) is 5.32 Å². The van der Waals surface area contributed by atoms with Gasteiger partial charge in [0.25, 0.3) is 0 Å². The summed E-state index contributed by atoms with van der Waals surface area (Å²) in [5.41, 5.74) is 2.10. The maximum atomic E-state index is 14.0. The predicted octanol–water partition coefficient (Wildman–Crippen LogP) is 4.80. The van der Waals surface area contributed by atoms with E-state index in [0.29, 0.717) is 30.2 Å². The highest BCUT2D eigenvalue weighted by molar-refractivity contribution is 7.88. The lowest BCUT2D eigenvalue weighted by atomic mass is 10.0. The Morgan fingerprint density at radius 3 is 2.05 bits per heavy atom. The van der Waals surface area contributed by atoms with Crippen molar-refractivity contribution in [2.45, 2.75) is 45.5 Å². The van der Waals surface area contributed by atoms with Gasteiger partial charge in [0.15, 0.2) is 0 Å². The van der Waals surface area contributed by atoms with E-state index < -0.39 is 28.5 Å². The Morgan fingerprint density at radius 2 is 1.46 bits per heavy atom. The van der Waals surface area contributed by atoms with Crippen LogP contribution >= 0.6 is 11.6 Å². The van der Waals surface area contributed by atoms with Crippen molar-refractivity contribution in [1.29, 1.82) is 0 Å². The van der Waals surface area contributed by atoms with Crippen molar-refractivity contribution in [3.63, 3.8) is 0 Å². The Kier molecular flexibility index (Phi) is 12.3. The van der Waals surface area contributed by atoms with Gasteiger partial charge in [-0.15, -0.1) is 0 Å². The van der Waals surface area contributed by atoms with Crippen LogP contribution in [0.1, 0.15) is 43.0 Å². The second kappa shape index (κ2) is 15.7. The van der Waals surface area contributed by atoms with Crippen LogP contribution < -0.4 is 5.32 Å². The Labute approximate surface area is 248 Å². The Bertz CT molecular complexity index is 1350. The molecular weight excluding hydrogens is 562 g/mol. The van der Waals surface area contributed by atoms with Crippen LogP contribution in [-0.2, 0) is 37.4 Å². The number of hydrogen-bond donors (Lipinski definition) is 1. The van der Waals surface area contributed by atoms with E-state index in [4.69, 9.17) is 16.3 Å². The largest absolute Gasteiger partial charge is 0.379 e. The van der Waals surface area contributed by atoms with Crippen LogP contribution in [-0.4, -0.2) is 61.5 Å². The standard InChI is InChI=1S/C31H38ClN3O5S/c1-24(2)40-20-10-19-33-31(37)30(27-13-8-5-9-14-27)35(22-26-15-17-28(32)18-16-26)29(36)23-34(41(3,38)39)21-25-11-6-4-7-12-25/h4-9,11-18,24,30H,10,19-23H2,1-3H3,(H,33,37)/t30-/m1/s1. The summed E-state index contributed by atoms with van der Waals surface area (Å²) in [5.74, 6) is -0.870. The van der Waals surface area contributed by atoms with Gasteiger partial charge in [-0.2, -0.15) is 4.31 Å². The molecule has 3 aromatic rings. The molecule has 0 aliphatic carbocycles. The molecule has 8 nitrogen and oxygen atoms in total. The Balaban J connectivity index is 1.94. The zero-order valence-corrected chi connectivity index (χ0v) is 25.3. The second-order valence-corrected chi connectivity index (χ2v) is 12.5. The van der Waals surface area contributed by atoms with Gasteiger partial charge in [-0.25, -0.2) is 8.42 Å². The second-order valence-electron chi connectivity index (χ2n) is 10.0. The lowest BCUT2D eigenvalue weighted by Gasteiger charge is -2.33. The van der Waals surface area contributed by atoms with Gasteiger partial charge in [-0.1, -0.05) is 84.4 Å². The molecule has 0 aromatic heterocycles. The summed E-state index contributed by atoms with van der Waals surface area (Å²) in [6.45, 7) is 4.41. The molecule has 1 atom stereocenters. The van der Waals surface area contributed by atoms with Crippen LogP contribution in [0.15, 0.2) is 84.9 Å². The van der Waals surface area contributed by atoms with Crippen molar-refractivity contribution in [3.8, 4) is 0 Å². The van der Waals surface area contributed by atoms with Crippen molar-refractivity contribution in [1.82, 2.24) is 14.5 Å². The van der Waals surface area contributed by atoms with Crippen LogP contribution in [0.4, 0.5) is 0 Å². The summed E-state index contributed by atoms with van der Waals surface area (Å²) in [5, 5.41) is 3.48. The molecule has 0 fully saturated rings. The van der Waals surface area contributed by atoms with Gasteiger partial charge >= 0.3 is 0 Å². The predicted molar refractivity (Wildman–Crippen MR) is 162 cm³/mol. The number of hydrogen-bond acceptors (Lipinski definition) is 5. The molecule has 0 spiro atoms. The monoisotopic (exact) mass is 599 g/mol. The van der Waals surface area contributed by atoms with E-state index in [1.807, 2.05) is 38.1 Å². The lowest BCUT2D eigenvalue weighted by Crippen LogP contribution is -2.48. The number of ether oxygens (including phenoxy) is 1. The third-order valence-corrected chi connectivity index (χ3v) is 7.76. The molecule has 10 heteroatoms. The minimum Gasteiger partial charge on any atom is -0.379 e. The highest BCUT2D eigenvalue weighted by Crippen LogP contribution is 2.25. The number of nitrogens with zero attached hydrogens (tertiary/aromatic N) is 2. The molecule has 0 bridgehead atoms. The normalized spacial score (nSPS) is 12.3. The molecule has 3 rings (SSSR count). The van der Waals surface area contributed by atoms with Crippen molar-refractivity contribution >= 4 is 33.4 Å². The molecule has 0 radical (unpaired) electrons. The van der Waals surface area contributed by atoms with Crippen molar-refractivity contribution < 1.29 is 22.7 Å². The first kappa shape index (κ1) is 32.3. The van der Waals surface area contributed by atoms with E-state index in [9.17, 15) is 18.0 Å². The van der Waals surface area contributed by atoms with Crippen LogP contribution in [0.2, 0.25) is 5.02 Å². The van der Waals surface area contributed by atoms with Gasteiger partial charge in [-0.05, 0) is 49.1 Å². The lowest BCUT2D eigenvalue weighted by molar-refractivity contribution is -0.141. The van der Waals surface area contributed by atoms with Crippen LogP contribution in [0.5, 0.6) is 0 Å². The minimum atomic E-state index is -3.75. The number of amides is 2. The number of benzene rings is 3. The maximum Gasteiger partial charge on any atom is 0.247 e. The van der Waals surface area contributed by atoms with Gasteiger partial charge < -0.3 is 15.0 Å². The Morgan fingerprint density at radius 1 is 0.878 bits per heavy atom. The van der Waals surface area contributed by atoms with Crippen LogP contribution in [0.3, 0.4) is 0 Å². The summed E-state index contributed by atoms with van der Waals surface area (Å²) in [7, 11) is -3.75. The summed E-state index contributed by atoms with van der Waals surface area (Å²) < 4.78 is 32.2. The fourth-order valence-corrected chi connectivity index (χ4v) is 5.09. The molecule has 0 aliphatic heterocycles. The van der Waals surface area contributed by atoms with E-state index >= 15 is 0 Å². The highest BCUT2D eigenvalue weighted by Gasteiger charge is 2.33. The SMILES string of the molecule is CC(C)OCCCNC(=O)[C@@H](c1ccccc1)N(Cc1ccc(Cl)cc1)C(=O)CN(Cc1ccccc1)S(C)(=O)=O. The Hall–Kier alpha value is -3.24. The molecular formula is C31H38ClN3O5S. The summed E-state index contributed by atoms with van der Waals surface area (Å²) in [4.78, 5) is 29.2. The quantitative estimate of drug-likeness (QED) is 0.253. The fraction of sp³-hybridized carbons (Fsp3) is 0.355. The van der Waals surface area contributed by atoms with Crippen LogP contribution in [0.25, 0.3) is 0 Å². The van der Waals surface area contributed by atoms with Gasteiger partial charge in [-0.3, -0.25) is 9.59 Å². The molecule has 41 heavy (non-hydrogen) atoms. The van der Waals surface area contributed by atoms with E-state index in [1.165, 1.54) is 4.90 Å². The number of sulfonamides is 1. The molecule has 0 saturated heterocycles. The van der Waals surface area contributed by atoms with E-state index in [-0.39, 0.29) is 25.1 Å². The molecule has 1 N–H and O–H groups in total. The van der Waals surface area contributed by atoms with Crippen molar-refractivity contribution in [3.05, 3.63) is 107 Å². The molecule has 2 amide bonds. The molecule has 3 aromatic carbocycles. The fourth-order valence-electron chi connectivity index (χ4n) is 4.24. The zero-order chi connectivity index (χ0) is 29.8. The molecule has 0 unspecified atom stereocenters. The smallest absolute Gasteiger partial charge is 0.247 e. The summed E-state index contributed by atoms with van der Waals surface area (Å²) >= 11 is 6.09. The summed E-state index contributed by atoms with van der Waals surface area (Å²) in [6.07, 6.45) is 1.77. The maximum absolute atomic E-state index is 14.0. The highest BCUT2D eigenvalue weighted by atomic mass is 35.5. The first-order valence-electron chi connectivity index (χ1n) is 13.5. The average Bonchev–Trinajstić information content (AvgIpc) is 2.93. The summed E-state index contributed by atoms with van der Waals surface area (Å²) in [6, 6.07) is 24.1. The van der Waals surface area contributed by atoms with Crippen molar-refractivity contribution in [2.24, 2.45) is 0 Å². The first-order valence-corrected chi connectivity index (χ1v) is 15.7. The zero-order valence-electron chi connectivity index (χ0n) is 23.7. The number of nitrogens with one attached hydrogen (secondary N) is 1. The number of rotatable bonds is 15. The third kappa shape index (κ3) is 10.6. The molecule has 220 valence electrons. The number of carbonyl (C=O) groups is 2. The van der Waals surface area contributed by atoms with Crippen molar-refractivity contribution in [2.75, 3.05) is 26.0 Å². The number of carbonyl (C=O) groups excluding carboxylic acids is 2. The average molecular weight is 600 g/mol. The van der Waals surface area contributed by atoms with Crippen LogP contribution in [0, 0.1) is 0 Å².